The van der Waals surface area contributed by atoms with Gasteiger partial charge < -0.3 is 0 Å². The molecule has 3 nitrogen and oxygen atoms in total. The summed E-state index contributed by atoms with van der Waals surface area (Å²) in [4.78, 5) is 0.179. The summed E-state index contributed by atoms with van der Waals surface area (Å²) < 4.78 is 29.3. The Morgan fingerprint density at radius 1 is 0.840 bits per heavy atom. The number of nitrogens with zero attached hydrogens (tertiary/aromatic N) is 1. The van der Waals surface area contributed by atoms with Gasteiger partial charge in [0.1, 0.15) is 0 Å². The summed E-state index contributed by atoms with van der Waals surface area (Å²) in [6, 6.07) is 23.4. The van der Waals surface area contributed by atoms with Crippen LogP contribution in [0.3, 0.4) is 0 Å². The van der Waals surface area contributed by atoms with Crippen LogP contribution in [0.4, 0.5) is 5.69 Å². The minimum atomic E-state index is -3.78. The molecular formula is C21H18NO2S. The Labute approximate surface area is 148 Å². The Kier molecular flexibility index (Phi) is 4.72. The number of hydrogen-bond donors (Lipinski definition) is 0. The van der Waals surface area contributed by atoms with Gasteiger partial charge in [-0.15, -0.1) is 0 Å². The Morgan fingerprint density at radius 3 is 2.12 bits per heavy atom. The second kappa shape index (κ2) is 6.95. The van der Waals surface area contributed by atoms with E-state index in [1.54, 1.807) is 36.4 Å². The van der Waals surface area contributed by atoms with Gasteiger partial charge in [-0.1, -0.05) is 72.8 Å². The van der Waals surface area contributed by atoms with Gasteiger partial charge in [0.2, 0.25) is 0 Å². The summed E-state index contributed by atoms with van der Waals surface area (Å²) in [5, 5.41) is 0. The van der Waals surface area contributed by atoms with Crippen molar-refractivity contribution in [2.75, 3.05) is 0 Å². The molecule has 0 amide bonds. The van der Waals surface area contributed by atoms with Gasteiger partial charge in [0.05, 0.1) is 10.6 Å². The molecule has 0 saturated carbocycles. The van der Waals surface area contributed by atoms with Crippen LogP contribution in [0.25, 0.3) is 5.57 Å². The minimum absolute atomic E-state index is 0.179. The molecule has 1 radical (unpaired) electrons. The second-order valence-corrected chi connectivity index (χ2v) is 7.35. The first-order valence-electron chi connectivity index (χ1n) is 7.86. The third-order valence-corrected chi connectivity index (χ3v) is 5.19. The third kappa shape index (κ3) is 3.80. The molecule has 0 heterocycles. The van der Waals surface area contributed by atoms with Crippen molar-refractivity contribution in [3.63, 3.8) is 0 Å². The van der Waals surface area contributed by atoms with Crippen LogP contribution in [0.1, 0.15) is 16.7 Å². The van der Waals surface area contributed by atoms with E-state index < -0.39 is 10.0 Å². The lowest BCUT2D eigenvalue weighted by molar-refractivity contribution is 0.590. The van der Waals surface area contributed by atoms with Crippen LogP contribution < -0.4 is 4.72 Å². The van der Waals surface area contributed by atoms with E-state index in [0.717, 1.165) is 16.7 Å². The Hall–Kier alpha value is -2.85. The molecule has 0 aliphatic heterocycles. The topological polar surface area (TPSA) is 48.2 Å². The number of hydrogen-bond acceptors (Lipinski definition) is 2. The molecule has 3 rings (SSSR count). The van der Waals surface area contributed by atoms with E-state index in [0.29, 0.717) is 11.3 Å². The molecule has 0 atom stereocenters. The highest BCUT2D eigenvalue weighted by Gasteiger charge is 2.19. The molecule has 25 heavy (non-hydrogen) atoms. The van der Waals surface area contributed by atoms with Crippen LogP contribution >= 0.6 is 0 Å². The van der Waals surface area contributed by atoms with Gasteiger partial charge in [0, 0.05) is 5.56 Å². The normalized spacial score (nSPS) is 11.1. The van der Waals surface area contributed by atoms with E-state index in [-0.39, 0.29) is 4.90 Å². The smallest absolute Gasteiger partial charge is 0.199 e. The van der Waals surface area contributed by atoms with Crippen molar-refractivity contribution < 1.29 is 8.42 Å². The average Bonchev–Trinajstić information content (AvgIpc) is 2.62. The van der Waals surface area contributed by atoms with E-state index in [4.69, 9.17) is 0 Å². The SMILES string of the molecule is C=C(c1ccccc1)c1ccccc1[N]S(=O)(=O)c1ccc(C)cc1. The van der Waals surface area contributed by atoms with Crippen LogP contribution in [-0.2, 0) is 10.0 Å². The number of aryl methyl sites for hydroxylation is 1. The van der Waals surface area contributed by atoms with Crippen molar-refractivity contribution in [2.24, 2.45) is 0 Å². The fourth-order valence-corrected chi connectivity index (χ4v) is 3.50. The van der Waals surface area contributed by atoms with Crippen LogP contribution in [0, 0.1) is 6.92 Å². The molecule has 0 aliphatic rings. The molecule has 0 fully saturated rings. The zero-order chi connectivity index (χ0) is 17.9. The van der Waals surface area contributed by atoms with Crippen LogP contribution in [0.15, 0.2) is 90.3 Å². The molecule has 4 heteroatoms. The maximum Gasteiger partial charge on any atom is 0.282 e. The number of sulfonamides is 1. The summed E-state index contributed by atoms with van der Waals surface area (Å²) in [5.41, 5.74) is 3.75. The van der Waals surface area contributed by atoms with Gasteiger partial charge in [0.25, 0.3) is 10.0 Å². The molecular weight excluding hydrogens is 330 g/mol. The van der Waals surface area contributed by atoms with Crippen molar-refractivity contribution in [1.82, 2.24) is 4.72 Å². The zero-order valence-electron chi connectivity index (χ0n) is 13.9. The van der Waals surface area contributed by atoms with E-state index in [2.05, 4.69) is 11.3 Å². The monoisotopic (exact) mass is 348 g/mol. The van der Waals surface area contributed by atoms with Crippen molar-refractivity contribution in [2.45, 2.75) is 11.8 Å². The highest BCUT2D eigenvalue weighted by molar-refractivity contribution is 7.89. The summed E-state index contributed by atoms with van der Waals surface area (Å²) >= 11 is 0. The van der Waals surface area contributed by atoms with Gasteiger partial charge in [-0.2, -0.15) is 13.1 Å². The van der Waals surface area contributed by atoms with Crippen LogP contribution in [-0.4, -0.2) is 8.42 Å². The second-order valence-electron chi connectivity index (χ2n) is 5.74. The predicted octanol–water partition coefficient (Wildman–Crippen LogP) is 4.68. The maximum atomic E-state index is 12.6. The number of benzene rings is 3. The van der Waals surface area contributed by atoms with Crippen LogP contribution in [0.2, 0.25) is 0 Å². The Balaban J connectivity index is 1.96. The molecule has 0 bridgehead atoms. The van der Waals surface area contributed by atoms with Gasteiger partial charge >= 0.3 is 0 Å². The maximum absolute atomic E-state index is 12.6. The van der Waals surface area contributed by atoms with E-state index in [1.165, 1.54) is 0 Å². The predicted molar refractivity (Wildman–Crippen MR) is 101 cm³/mol. The Bertz CT molecular complexity index is 992. The largest absolute Gasteiger partial charge is 0.282 e. The Morgan fingerprint density at radius 2 is 1.44 bits per heavy atom. The first-order valence-corrected chi connectivity index (χ1v) is 9.30. The first-order chi connectivity index (χ1) is 12.0. The summed E-state index contributed by atoms with van der Waals surface area (Å²) in [5.74, 6) is 0. The summed E-state index contributed by atoms with van der Waals surface area (Å²) in [6.45, 7) is 6.02. The molecule has 0 aromatic heterocycles. The zero-order valence-corrected chi connectivity index (χ0v) is 14.7. The molecule has 3 aromatic carbocycles. The van der Waals surface area contributed by atoms with Gasteiger partial charge in [-0.25, -0.2) is 0 Å². The lowest BCUT2D eigenvalue weighted by Crippen LogP contribution is -2.13. The lowest BCUT2D eigenvalue weighted by atomic mass is 9.98. The third-order valence-electron chi connectivity index (χ3n) is 3.89. The van der Waals surface area contributed by atoms with Crippen molar-refractivity contribution >= 4 is 21.3 Å². The van der Waals surface area contributed by atoms with Crippen LogP contribution in [0.5, 0.6) is 0 Å². The van der Waals surface area contributed by atoms with Crippen molar-refractivity contribution in [3.05, 3.63) is 102 Å². The highest BCUT2D eigenvalue weighted by Crippen LogP contribution is 2.29. The fourth-order valence-electron chi connectivity index (χ4n) is 2.50. The standard InChI is InChI=1S/C21H18NO2S/c1-16-12-14-19(15-13-16)25(23,24)22-21-11-7-6-10-20(21)17(2)18-8-4-3-5-9-18/h3-15H,2H2,1H3. The van der Waals surface area contributed by atoms with Gasteiger partial charge in [0.15, 0.2) is 0 Å². The molecule has 0 aliphatic carbocycles. The molecule has 125 valence electrons. The van der Waals surface area contributed by atoms with E-state index >= 15 is 0 Å². The lowest BCUT2D eigenvalue weighted by Gasteiger charge is -2.12. The average molecular weight is 348 g/mol. The van der Waals surface area contributed by atoms with Crippen molar-refractivity contribution in [3.8, 4) is 0 Å². The minimum Gasteiger partial charge on any atom is -0.199 e. The molecule has 3 aromatic rings. The van der Waals surface area contributed by atoms with Gasteiger partial charge in [-0.3, -0.25) is 0 Å². The number of rotatable bonds is 5. The molecule has 0 saturated heterocycles. The first kappa shape index (κ1) is 17.0. The quantitative estimate of drug-likeness (QED) is 0.672. The summed E-state index contributed by atoms with van der Waals surface area (Å²) in [6.07, 6.45) is 0. The molecule has 0 unspecified atom stereocenters. The molecule has 0 N–H and O–H groups in total. The van der Waals surface area contributed by atoms with E-state index in [9.17, 15) is 8.42 Å². The molecule has 0 spiro atoms. The van der Waals surface area contributed by atoms with Gasteiger partial charge in [-0.05, 0) is 36.3 Å². The fraction of sp³-hybridized carbons (Fsp3) is 0.0476. The highest BCUT2D eigenvalue weighted by atomic mass is 32.2. The summed E-state index contributed by atoms with van der Waals surface area (Å²) in [7, 11) is -3.78. The van der Waals surface area contributed by atoms with E-state index in [1.807, 2.05) is 49.4 Å². The van der Waals surface area contributed by atoms with Crippen molar-refractivity contribution in [1.29, 1.82) is 0 Å².